The van der Waals surface area contributed by atoms with Crippen molar-refractivity contribution < 1.29 is 19.4 Å². The second-order valence-electron chi connectivity index (χ2n) is 8.19. The molecule has 1 aromatic heterocycles. The minimum atomic E-state index is -1.04. The number of halogens is 2. The molecule has 4 aromatic rings. The third kappa shape index (κ3) is 5.15. The Bertz CT molecular complexity index is 1540. The number of anilines is 1. The summed E-state index contributed by atoms with van der Waals surface area (Å²) >= 11 is 15.3. The van der Waals surface area contributed by atoms with Gasteiger partial charge in [-0.25, -0.2) is 0 Å². The van der Waals surface area contributed by atoms with E-state index in [-0.39, 0.29) is 21.5 Å². The Morgan fingerprint density at radius 2 is 1.79 bits per heavy atom. The number of aliphatic hydroxyl groups is 1. The van der Waals surface area contributed by atoms with Crippen molar-refractivity contribution in [3.63, 3.8) is 0 Å². The summed E-state index contributed by atoms with van der Waals surface area (Å²) in [5.74, 6) is -0.797. The Labute approximate surface area is 236 Å². The van der Waals surface area contributed by atoms with Crippen LogP contribution in [0.2, 0.25) is 10.0 Å². The number of benzene rings is 3. The van der Waals surface area contributed by atoms with Gasteiger partial charge in [0, 0.05) is 21.4 Å². The van der Waals surface area contributed by atoms with E-state index in [4.69, 9.17) is 27.9 Å². The van der Waals surface area contributed by atoms with Crippen LogP contribution in [0.15, 0.2) is 82.7 Å². The van der Waals surface area contributed by atoms with Gasteiger partial charge in [-0.2, -0.15) is 0 Å². The normalized spacial score (nSPS) is 16.7. The van der Waals surface area contributed by atoms with Crippen molar-refractivity contribution in [2.24, 2.45) is 0 Å². The highest BCUT2D eigenvalue weighted by Gasteiger charge is 2.49. The predicted octanol–water partition coefficient (Wildman–Crippen LogP) is 6.77. The largest absolute Gasteiger partial charge is 0.507 e. The maximum absolute atomic E-state index is 13.4. The highest BCUT2D eigenvalue weighted by molar-refractivity contribution is 8.00. The molecular formula is C27H19Cl2N3O4S2. The molecule has 11 heteroatoms. The van der Waals surface area contributed by atoms with E-state index in [1.54, 1.807) is 36.4 Å². The van der Waals surface area contributed by atoms with Crippen LogP contribution in [0.25, 0.3) is 5.76 Å². The molecule has 0 spiro atoms. The summed E-state index contributed by atoms with van der Waals surface area (Å²) in [6.07, 6.45) is 0. The molecule has 7 nitrogen and oxygen atoms in total. The first kappa shape index (κ1) is 26.2. The number of nitrogens with zero attached hydrogens (tertiary/aromatic N) is 3. The molecular weight excluding hydrogens is 565 g/mol. The maximum atomic E-state index is 13.4. The van der Waals surface area contributed by atoms with E-state index >= 15 is 0 Å². The van der Waals surface area contributed by atoms with E-state index in [9.17, 15) is 14.7 Å². The van der Waals surface area contributed by atoms with Crippen LogP contribution in [-0.2, 0) is 15.3 Å². The van der Waals surface area contributed by atoms with Gasteiger partial charge in [0.2, 0.25) is 5.13 Å². The molecule has 1 aliphatic heterocycles. The Balaban J connectivity index is 1.57. The second-order valence-corrected chi connectivity index (χ2v) is 11.2. The number of amides is 1. The number of hydrogen-bond acceptors (Lipinski definition) is 8. The number of methoxy groups -OCH3 is 1. The van der Waals surface area contributed by atoms with Crippen molar-refractivity contribution in [1.29, 1.82) is 0 Å². The van der Waals surface area contributed by atoms with Crippen LogP contribution in [-0.4, -0.2) is 34.1 Å². The van der Waals surface area contributed by atoms with E-state index in [2.05, 4.69) is 10.2 Å². The lowest BCUT2D eigenvalue weighted by molar-refractivity contribution is -0.132. The molecule has 0 saturated carbocycles. The highest BCUT2D eigenvalue weighted by Crippen LogP contribution is 2.46. The molecule has 1 aliphatic rings. The number of carbonyl (C=O) groups excluding carboxylic acids is 2. The Morgan fingerprint density at radius 1 is 1.05 bits per heavy atom. The van der Waals surface area contributed by atoms with Gasteiger partial charge in [0.15, 0.2) is 4.34 Å². The highest BCUT2D eigenvalue weighted by atomic mass is 35.5. The first-order valence-corrected chi connectivity index (χ1v) is 13.8. The average Bonchev–Trinajstić information content (AvgIpc) is 3.50. The zero-order valence-electron chi connectivity index (χ0n) is 19.8. The van der Waals surface area contributed by atoms with Crippen LogP contribution < -0.4 is 9.64 Å². The van der Waals surface area contributed by atoms with Gasteiger partial charge in [-0.05, 0) is 47.5 Å². The molecule has 3 aromatic carbocycles. The van der Waals surface area contributed by atoms with E-state index in [0.717, 1.165) is 5.56 Å². The van der Waals surface area contributed by atoms with Crippen molar-refractivity contribution in [2.75, 3.05) is 12.0 Å². The first-order chi connectivity index (χ1) is 18.4. The van der Waals surface area contributed by atoms with Gasteiger partial charge in [-0.3, -0.25) is 14.5 Å². The quantitative estimate of drug-likeness (QED) is 0.0843. The van der Waals surface area contributed by atoms with Gasteiger partial charge in [0.05, 0.1) is 18.7 Å². The lowest BCUT2D eigenvalue weighted by Gasteiger charge is -2.23. The van der Waals surface area contributed by atoms with Gasteiger partial charge >= 0.3 is 5.91 Å². The number of aromatic nitrogens is 2. The van der Waals surface area contributed by atoms with Gasteiger partial charge in [-0.15, -0.1) is 10.2 Å². The summed E-state index contributed by atoms with van der Waals surface area (Å²) in [5, 5.41) is 20.5. The van der Waals surface area contributed by atoms with E-state index in [0.29, 0.717) is 32.0 Å². The molecule has 1 N–H and O–H groups in total. The minimum absolute atomic E-state index is 0.113. The van der Waals surface area contributed by atoms with Crippen LogP contribution in [0.1, 0.15) is 22.7 Å². The number of hydrogen-bond donors (Lipinski definition) is 1. The molecule has 38 heavy (non-hydrogen) atoms. The number of ketones is 1. The van der Waals surface area contributed by atoms with Gasteiger partial charge in [0.1, 0.15) is 11.5 Å². The molecule has 1 amide bonds. The van der Waals surface area contributed by atoms with Crippen LogP contribution >= 0.6 is 46.3 Å². The lowest BCUT2D eigenvalue weighted by Crippen LogP contribution is -2.29. The second kappa shape index (κ2) is 11.2. The average molecular weight is 585 g/mol. The number of ether oxygens (including phenoxy) is 1. The smallest absolute Gasteiger partial charge is 0.301 e. The summed E-state index contributed by atoms with van der Waals surface area (Å²) in [6, 6.07) is 20.1. The number of Topliss-reactive ketones (excluding diaryl/α,β-unsaturated/α-hetero) is 1. The van der Waals surface area contributed by atoms with Crippen molar-refractivity contribution in [3.8, 4) is 5.75 Å². The maximum Gasteiger partial charge on any atom is 0.301 e. The monoisotopic (exact) mass is 583 g/mol. The SMILES string of the molecule is COc1ccc(/C(O)=C2/C(=O)C(=O)N(c3nnc(SCc4ccccc4)s3)C2c2ccc(Cl)cc2Cl)cc1. The zero-order valence-corrected chi connectivity index (χ0v) is 22.9. The number of carbonyl (C=O) groups is 2. The number of rotatable bonds is 7. The van der Waals surface area contributed by atoms with Gasteiger partial charge in [-0.1, -0.05) is 82.7 Å². The van der Waals surface area contributed by atoms with E-state index in [1.807, 2.05) is 30.3 Å². The van der Waals surface area contributed by atoms with Crippen molar-refractivity contribution >= 4 is 68.9 Å². The molecule has 1 unspecified atom stereocenters. The summed E-state index contributed by atoms with van der Waals surface area (Å²) < 4.78 is 5.81. The third-order valence-electron chi connectivity index (χ3n) is 5.87. The molecule has 192 valence electrons. The third-order valence-corrected chi connectivity index (χ3v) is 8.56. The number of aliphatic hydroxyl groups excluding tert-OH is 1. The summed E-state index contributed by atoms with van der Waals surface area (Å²) in [6.45, 7) is 0. The molecule has 0 bridgehead atoms. The van der Waals surface area contributed by atoms with E-state index in [1.165, 1.54) is 41.2 Å². The Kier molecular flexibility index (Phi) is 7.71. The van der Waals surface area contributed by atoms with Crippen LogP contribution in [0.5, 0.6) is 5.75 Å². The standard InChI is InChI=1S/C27H19Cl2N3O4S2/c1-36-18-10-7-16(8-11-18)23(33)21-22(19-12-9-17(28)13-20(19)29)32(25(35)24(21)34)26-30-31-27(38-26)37-14-15-5-3-2-4-6-15/h2-13,22,33H,14H2,1H3/b23-21-. The zero-order chi connectivity index (χ0) is 26.8. The van der Waals surface area contributed by atoms with Crippen LogP contribution in [0, 0.1) is 0 Å². The Morgan fingerprint density at radius 3 is 2.47 bits per heavy atom. The van der Waals surface area contributed by atoms with Crippen molar-refractivity contribution in [3.05, 3.63) is 105 Å². The van der Waals surface area contributed by atoms with Gasteiger partial charge in [0.25, 0.3) is 5.78 Å². The van der Waals surface area contributed by atoms with Crippen molar-refractivity contribution in [1.82, 2.24) is 10.2 Å². The minimum Gasteiger partial charge on any atom is -0.507 e. The molecule has 1 saturated heterocycles. The molecule has 1 atom stereocenters. The topological polar surface area (TPSA) is 92.6 Å². The molecule has 2 heterocycles. The molecule has 0 aliphatic carbocycles. The summed E-state index contributed by atoms with van der Waals surface area (Å²) in [5.41, 5.74) is 1.76. The fourth-order valence-electron chi connectivity index (χ4n) is 4.03. The predicted molar refractivity (Wildman–Crippen MR) is 150 cm³/mol. The molecule has 0 radical (unpaired) electrons. The summed E-state index contributed by atoms with van der Waals surface area (Å²) in [4.78, 5) is 28.0. The fourth-order valence-corrected chi connectivity index (χ4v) is 6.36. The number of thioether (sulfide) groups is 1. The van der Waals surface area contributed by atoms with Gasteiger partial charge < -0.3 is 9.84 Å². The Hall–Kier alpha value is -3.37. The lowest BCUT2D eigenvalue weighted by atomic mass is 9.95. The van der Waals surface area contributed by atoms with Crippen LogP contribution in [0.3, 0.4) is 0 Å². The van der Waals surface area contributed by atoms with Crippen molar-refractivity contribution in [2.45, 2.75) is 16.1 Å². The van der Waals surface area contributed by atoms with E-state index < -0.39 is 17.7 Å². The molecule has 1 fully saturated rings. The summed E-state index contributed by atoms with van der Waals surface area (Å²) in [7, 11) is 1.53. The first-order valence-electron chi connectivity index (χ1n) is 11.3. The molecule has 5 rings (SSSR count). The fraction of sp³-hybridized carbons (Fsp3) is 0.111. The van der Waals surface area contributed by atoms with Crippen LogP contribution in [0.4, 0.5) is 5.13 Å².